The van der Waals surface area contributed by atoms with E-state index in [4.69, 9.17) is 26.8 Å². The molecule has 21 heavy (non-hydrogen) atoms. The van der Waals surface area contributed by atoms with E-state index in [1.165, 1.54) is 14.2 Å². The number of halogens is 3. The summed E-state index contributed by atoms with van der Waals surface area (Å²) in [5.41, 5.74) is 6.48. The summed E-state index contributed by atoms with van der Waals surface area (Å²) in [7, 11) is 2.92. The van der Waals surface area contributed by atoms with Crippen molar-refractivity contribution in [1.29, 1.82) is 0 Å². The van der Waals surface area contributed by atoms with Crippen molar-refractivity contribution in [2.75, 3.05) is 14.2 Å². The molecule has 0 aliphatic heterocycles. The lowest BCUT2D eigenvalue weighted by Gasteiger charge is -2.20. The van der Waals surface area contributed by atoms with Gasteiger partial charge >= 0.3 is 0 Å². The first-order valence-corrected chi connectivity index (χ1v) is 6.48. The van der Waals surface area contributed by atoms with E-state index in [-0.39, 0.29) is 10.6 Å². The van der Waals surface area contributed by atoms with Crippen LogP contribution in [-0.2, 0) is 0 Å². The Bertz CT molecular complexity index is 642. The highest BCUT2D eigenvalue weighted by atomic mass is 35.5. The van der Waals surface area contributed by atoms with Crippen LogP contribution >= 0.6 is 11.6 Å². The molecule has 0 aromatic heterocycles. The van der Waals surface area contributed by atoms with E-state index in [2.05, 4.69) is 0 Å². The molecule has 1 unspecified atom stereocenters. The molecule has 0 aliphatic carbocycles. The van der Waals surface area contributed by atoms with Crippen LogP contribution in [0, 0.1) is 11.6 Å². The average molecular weight is 314 g/mol. The Morgan fingerprint density at radius 1 is 1.05 bits per heavy atom. The first-order valence-electron chi connectivity index (χ1n) is 6.10. The minimum absolute atomic E-state index is 0.0281. The minimum Gasteiger partial charge on any atom is -0.496 e. The van der Waals surface area contributed by atoms with Crippen LogP contribution in [0.15, 0.2) is 30.3 Å². The molecule has 2 aromatic rings. The smallest absolute Gasteiger partial charge is 0.142 e. The molecule has 2 N–H and O–H groups in total. The van der Waals surface area contributed by atoms with Gasteiger partial charge in [0.1, 0.15) is 23.1 Å². The maximum absolute atomic E-state index is 14.0. The van der Waals surface area contributed by atoms with Crippen molar-refractivity contribution >= 4 is 11.6 Å². The van der Waals surface area contributed by atoms with Gasteiger partial charge in [0, 0.05) is 5.56 Å². The second-order valence-electron chi connectivity index (χ2n) is 4.34. The van der Waals surface area contributed by atoms with E-state index < -0.39 is 17.7 Å². The van der Waals surface area contributed by atoms with Crippen molar-refractivity contribution in [2.24, 2.45) is 5.73 Å². The normalized spacial score (nSPS) is 12.1. The second-order valence-corrected chi connectivity index (χ2v) is 4.75. The third-order valence-corrected chi connectivity index (χ3v) is 3.44. The van der Waals surface area contributed by atoms with Gasteiger partial charge in [-0.3, -0.25) is 0 Å². The third-order valence-electron chi connectivity index (χ3n) is 3.15. The highest BCUT2D eigenvalue weighted by molar-refractivity contribution is 6.30. The molecule has 0 spiro atoms. The molecule has 3 nitrogen and oxygen atoms in total. The molecule has 6 heteroatoms. The minimum atomic E-state index is -0.956. The van der Waals surface area contributed by atoms with Gasteiger partial charge in [-0.25, -0.2) is 8.78 Å². The molecule has 1 atom stereocenters. The fourth-order valence-electron chi connectivity index (χ4n) is 2.12. The Morgan fingerprint density at radius 3 is 2.14 bits per heavy atom. The van der Waals surface area contributed by atoms with Crippen LogP contribution in [0.5, 0.6) is 11.5 Å². The largest absolute Gasteiger partial charge is 0.496 e. The summed E-state index contributed by atoms with van der Waals surface area (Å²) < 4.78 is 38.1. The monoisotopic (exact) mass is 313 g/mol. The summed E-state index contributed by atoms with van der Waals surface area (Å²) in [6.07, 6.45) is 0. The Hall–Kier alpha value is -1.85. The lowest BCUT2D eigenvalue weighted by Crippen LogP contribution is -2.16. The predicted octanol–water partition coefficient (Wildman–Crippen LogP) is 3.68. The number of hydrogen-bond acceptors (Lipinski definition) is 3. The number of rotatable bonds is 4. The van der Waals surface area contributed by atoms with Crippen molar-refractivity contribution in [3.05, 3.63) is 58.1 Å². The molecular weight excluding hydrogens is 300 g/mol. The summed E-state index contributed by atoms with van der Waals surface area (Å²) in [4.78, 5) is 0. The Kier molecular flexibility index (Phi) is 4.65. The van der Waals surface area contributed by atoms with Crippen LogP contribution in [0.4, 0.5) is 8.78 Å². The lowest BCUT2D eigenvalue weighted by atomic mass is 9.97. The van der Waals surface area contributed by atoms with E-state index in [1.54, 1.807) is 18.2 Å². The fourth-order valence-corrected chi connectivity index (χ4v) is 2.27. The molecule has 0 aliphatic rings. The number of hydrogen-bond donors (Lipinski definition) is 1. The van der Waals surface area contributed by atoms with Crippen LogP contribution in [-0.4, -0.2) is 14.2 Å². The summed E-state index contributed by atoms with van der Waals surface area (Å²) in [6, 6.07) is 5.97. The van der Waals surface area contributed by atoms with Crippen molar-refractivity contribution in [1.82, 2.24) is 0 Å². The summed E-state index contributed by atoms with van der Waals surface area (Å²) in [5.74, 6) is -0.576. The van der Waals surface area contributed by atoms with Gasteiger partial charge < -0.3 is 15.2 Å². The molecule has 0 fully saturated rings. The van der Waals surface area contributed by atoms with Crippen molar-refractivity contribution in [3.63, 3.8) is 0 Å². The Labute approximate surface area is 126 Å². The first kappa shape index (κ1) is 15.5. The molecule has 0 saturated carbocycles. The van der Waals surface area contributed by atoms with Gasteiger partial charge in [0.2, 0.25) is 0 Å². The second kappa shape index (κ2) is 6.28. The predicted molar refractivity (Wildman–Crippen MR) is 76.9 cm³/mol. The molecular formula is C15H14ClF2NO2. The van der Waals surface area contributed by atoms with Crippen LogP contribution in [0.2, 0.25) is 5.02 Å². The zero-order chi connectivity index (χ0) is 15.6. The zero-order valence-corrected chi connectivity index (χ0v) is 12.2. The van der Waals surface area contributed by atoms with Gasteiger partial charge in [0.15, 0.2) is 0 Å². The zero-order valence-electron chi connectivity index (χ0n) is 11.5. The highest BCUT2D eigenvalue weighted by Gasteiger charge is 2.23. The molecule has 2 aromatic carbocycles. The van der Waals surface area contributed by atoms with Gasteiger partial charge in [0.05, 0.1) is 30.8 Å². The fraction of sp³-hybridized carbons (Fsp3) is 0.200. The van der Waals surface area contributed by atoms with E-state index in [1.807, 2.05) is 0 Å². The number of ether oxygens (including phenoxy) is 2. The van der Waals surface area contributed by atoms with Crippen LogP contribution in [0.1, 0.15) is 17.2 Å². The standard InChI is InChI=1S/C15H14ClF2NO2/c1-20-12-4-3-5-13(21-2)14(12)15(19)8-6-11(18)9(16)7-10(8)17/h3-7,15H,19H2,1-2H3. The van der Waals surface area contributed by atoms with Crippen molar-refractivity contribution in [3.8, 4) is 11.5 Å². The maximum atomic E-state index is 14.0. The third kappa shape index (κ3) is 2.94. The van der Waals surface area contributed by atoms with E-state index in [0.29, 0.717) is 17.1 Å². The molecule has 0 amide bonds. The molecule has 2 rings (SSSR count). The molecule has 0 heterocycles. The van der Waals surface area contributed by atoms with Crippen LogP contribution in [0.25, 0.3) is 0 Å². The van der Waals surface area contributed by atoms with Gasteiger partial charge in [-0.2, -0.15) is 0 Å². The van der Waals surface area contributed by atoms with Gasteiger partial charge in [-0.1, -0.05) is 17.7 Å². The van der Waals surface area contributed by atoms with E-state index in [9.17, 15) is 8.78 Å². The van der Waals surface area contributed by atoms with Gasteiger partial charge in [-0.05, 0) is 24.3 Å². The van der Waals surface area contributed by atoms with E-state index >= 15 is 0 Å². The van der Waals surface area contributed by atoms with Crippen LogP contribution < -0.4 is 15.2 Å². The van der Waals surface area contributed by atoms with E-state index in [0.717, 1.165) is 12.1 Å². The number of methoxy groups -OCH3 is 2. The maximum Gasteiger partial charge on any atom is 0.142 e. The lowest BCUT2D eigenvalue weighted by molar-refractivity contribution is 0.381. The quantitative estimate of drug-likeness (QED) is 0.876. The SMILES string of the molecule is COc1cccc(OC)c1C(N)c1cc(F)c(Cl)cc1F. The number of nitrogens with two attached hydrogens (primary N) is 1. The highest BCUT2D eigenvalue weighted by Crippen LogP contribution is 2.37. The topological polar surface area (TPSA) is 44.5 Å². The summed E-state index contributed by atoms with van der Waals surface area (Å²) >= 11 is 5.55. The van der Waals surface area contributed by atoms with Gasteiger partial charge in [-0.15, -0.1) is 0 Å². The summed E-state index contributed by atoms with van der Waals surface area (Å²) in [5, 5.41) is -0.296. The number of benzene rings is 2. The van der Waals surface area contributed by atoms with Crippen molar-refractivity contribution in [2.45, 2.75) is 6.04 Å². The first-order chi connectivity index (χ1) is 9.99. The Morgan fingerprint density at radius 2 is 1.62 bits per heavy atom. The molecule has 0 bridgehead atoms. The van der Waals surface area contributed by atoms with Gasteiger partial charge in [0.25, 0.3) is 0 Å². The van der Waals surface area contributed by atoms with Crippen molar-refractivity contribution < 1.29 is 18.3 Å². The molecule has 112 valence electrons. The Balaban J connectivity index is 2.59. The molecule has 0 radical (unpaired) electrons. The van der Waals surface area contributed by atoms with Crippen LogP contribution in [0.3, 0.4) is 0 Å². The molecule has 0 saturated heterocycles. The summed E-state index contributed by atoms with van der Waals surface area (Å²) in [6.45, 7) is 0. The average Bonchev–Trinajstić information content (AvgIpc) is 2.49.